The van der Waals surface area contributed by atoms with Crippen LogP contribution in [0, 0.1) is 20.8 Å². The molecule has 0 spiro atoms. The molecule has 1 heterocycles. The van der Waals surface area contributed by atoms with E-state index >= 15 is 0 Å². The Labute approximate surface area is 124 Å². The van der Waals surface area contributed by atoms with Gasteiger partial charge in [0, 0.05) is 5.38 Å². The first-order valence-electron chi connectivity index (χ1n) is 5.36. The fraction of sp³-hybridized carbons (Fsp3) is 0.308. The molecule has 2 aromatic rings. The maximum Gasteiger partial charge on any atom is 0.338 e. The van der Waals surface area contributed by atoms with Crippen molar-refractivity contribution < 1.29 is 28.5 Å². The molecule has 0 atom stereocenters. The van der Waals surface area contributed by atoms with Crippen LogP contribution in [0.15, 0.2) is 23.6 Å². The molecule has 1 aromatic carbocycles. The van der Waals surface area contributed by atoms with Crippen LogP contribution < -0.4 is 33.9 Å². The third-order valence-corrected chi connectivity index (χ3v) is 3.86. The summed E-state index contributed by atoms with van der Waals surface area (Å²) in [5.74, 6) is 0. The van der Waals surface area contributed by atoms with Gasteiger partial charge in [-0.1, -0.05) is 29.0 Å². The molecular weight excluding hydrogens is 343 g/mol. The van der Waals surface area contributed by atoms with E-state index in [9.17, 15) is 0 Å². The molecule has 0 bridgehead atoms. The maximum atomic E-state index is 3.47. The highest BCUT2D eigenvalue weighted by atomic mass is 127. The van der Waals surface area contributed by atoms with E-state index in [2.05, 4.69) is 61.3 Å². The quantitative estimate of drug-likeness (QED) is 0.600. The molecule has 0 amide bonds. The minimum atomic E-state index is 0. The number of nitrogens with one attached hydrogen (secondary N) is 1. The van der Waals surface area contributed by atoms with E-state index in [1.54, 1.807) is 11.3 Å². The molecule has 0 saturated heterocycles. The van der Waals surface area contributed by atoms with E-state index in [0.717, 1.165) is 0 Å². The fourth-order valence-corrected chi connectivity index (χ4v) is 2.55. The van der Waals surface area contributed by atoms with Crippen LogP contribution in [-0.2, 0) is 7.05 Å². The number of rotatable bonds is 2. The Morgan fingerprint density at radius 1 is 1.18 bits per heavy atom. The van der Waals surface area contributed by atoms with Gasteiger partial charge < -0.3 is 24.0 Å². The number of aryl methyl sites for hydroxylation is 3. The molecule has 92 valence electrons. The summed E-state index contributed by atoms with van der Waals surface area (Å²) in [4.78, 5) is 0. The second-order valence-electron chi connectivity index (χ2n) is 4.18. The van der Waals surface area contributed by atoms with Gasteiger partial charge in [0.1, 0.15) is 11.4 Å². The van der Waals surface area contributed by atoms with E-state index in [-0.39, 0.29) is 24.0 Å². The van der Waals surface area contributed by atoms with Crippen molar-refractivity contribution in [3.05, 3.63) is 40.4 Å². The van der Waals surface area contributed by atoms with Crippen LogP contribution in [0.2, 0.25) is 0 Å². The monoisotopic (exact) mass is 360 g/mol. The lowest BCUT2D eigenvalue weighted by Crippen LogP contribution is -3.00. The lowest BCUT2D eigenvalue weighted by Gasteiger charge is -2.03. The Bertz CT molecular complexity index is 520. The standard InChI is InChI=1S/C13H16N2S.HI/c1-9-5-6-12(10(2)7-9)14-13-15(4)11(3)8-16-13;/h5-8H,1-4H3;1H. The van der Waals surface area contributed by atoms with Gasteiger partial charge in [0.15, 0.2) is 0 Å². The molecule has 2 nitrogen and oxygen atoms in total. The zero-order valence-corrected chi connectivity index (χ0v) is 13.5. The van der Waals surface area contributed by atoms with Crippen LogP contribution in [-0.4, -0.2) is 0 Å². The van der Waals surface area contributed by atoms with Crippen LogP contribution in [0.25, 0.3) is 0 Å². The summed E-state index contributed by atoms with van der Waals surface area (Å²) in [7, 11) is 2.08. The molecule has 0 unspecified atom stereocenters. The summed E-state index contributed by atoms with van der Waals surface area (Å²) < 4.78 is 2.17. The van der Waals surface area contributed by atoms with Gasteiger partial charge in [0.25, 0.3) is 0 Å². The van der Waals surface area contributed by atoms with Gasteiger partial charge in [-0.25, -0.2) is 9.88 Å². The van der Waals surface area contributed by atoms with Crippen molar-refractivity contribution in [3.8, 4) is 0 Å². The molecule has 0 fully saturated rings. The molecule has 0 radical (unpaired) electrons. The first-order valence-corrected chi connectivity index (χ1v) is 6.24. The number of hydrogen-bond acceptors (Lipinski definition) is 2. The Balaban J connectivity index is 0.00000144. The summed E-state index contributed by atoms with van der Waals surface area (Å²) in [6, 6.07) is 6.47. The van der Waals surface area contributed by atoms with Crippen molar-refractivity contribution in [1.29, 1.82) is 0 Å². The fourth-order valence-electron chi connectivity index (χ4n) is 1.64. The highest BCUT2D eigenvalue weighted by Gasteiger charge is 2.12. The van der Waals surface area contributed by atoms with Gasteiger partial charge in [0.05, 0.1) is 7.05 Å². The number of hydrogen-bond donors (Lipinski definition) is 1. The van der Waals surface area contributed by atoms with Crippen molar-refractivity contribution in [2.45, 2.75) is 20.8 Å². The summed E-state index contributed by atoms with van der Waals surface area (Å²) in [6.45, 7) is 6.37. The van der Waals surface area contributed by atoms with E-state index in [1.165, 1.54) is 27.6 Å². The van der Waals surface area contributed by atoms with Crippen LogP contribution >= 0.6 is 11.3 Å². The molecule has 2 rings (SSSR count). The van der Waals surface area contributed by atoms with Crippen LogP contribution in [0.3, 0.4) is 0 Å². The van der Waals surface area contributed by atoms with Crippen LogP contribution in [0.5, 0.6) is 0 Å². The Hall–Kier alpha value is -0.620. The summed E-state index contributed by atoms with van der Waals surface area (Å²) in [6.07, 6.45) is 0. The summed E-state index contributed by atoms with van der Waals surface area (Å²) >= 11 is 1.74. The average Bonchev–Trinajstić information content (AvgIpc) is 2.54. The largest absolute Gasteiger partial charge is 1.00 e. The first-order chi connectivity index (χ1) is 7.58. The third-order valence-electron chi connectivity index (χ3n) is 2.80. The maximum absolute atomic E-state index is 3.47. The number of aromatic nitrogens is 1. The predicted molar refractivity (Wildman–Crippen MR) is 69.4 cm³/mol. The van der Waals surface area contributed by atoms with Crippen LogP contribution in [0.1, 0.15) is 16.8 Å². The number of halogens is 1. The van der Waals surface area contributed by atoms with Gasteiger partial charge in [-0.05, 0) is 32.4 Å². The average molecular weight is 360 g/mol. The summed E-state index contributed by atoms with van der Waals surface area (Å²) in [5, 5.41) is 6.80. The first kappa shape index (κ1) is 14.4. The topological polar surface area (TPSA) is 15.9 Å². The highest BCUT2D eigenvalue weighted by molar-refractivity contribution is 7.13. The van der Waals surface area contributed by atoms with Gasteiger partial charge in [-0.15, -0.1) is 0 Å². The van der Waals surface area contributed by atoms with E-state index in [1.807, 2.05) is 0 Å². The van der Waals surface area contributed by atoms with Crippen molar-refractivity contribution >= 4 is 22.2 Å². The number of thiazole rings is 1. The van der Waals surface area contributed by atoms with E-state index in [4.69, 9.17) is 0 Å². The number of anilines is 2. The zero-order valence-electron chi connectivity index (χ0n) is 10.5. The van der Waals surface area contributed by atoms with E-state index < -0.39 is 0 Å². The molecule has 1 N–H and O–H groups in total. The lowest BCUT2D eigenvalue weighted by molar-refractivity contribution is -0.658. The molecule has 0 saturated carbocycles. The summed E-state index contributed by atoms with van der Waals surface area (Å²) in [5.41, 5.74) is 5.04. The smallest absolute Gasteiger partial charge is 0.338 e. The van der Waals surface area contributed by atoms with Crippen molar-refractivity contribution in [3.63, 3.8) is 0 Å². The minimum Gasteiger partial charge on any atom is -1.00 e. The zero-order chi connectivity index (χ0) is 11.7. The van der Waals surface area contributed by atoms with E-state index in [0.29, 0.717) is 0 Å². The number of benzene rings is 1. The SMILES string of the molecule is Cc1ccc(Nc2scc(C)[n+]2C)c(C)c1.[I-]. The van der Waals surface area contributed by atoms with Gasteiger partial charge in [0.2, 0.25) is 0 Å². The molecular formula is C13H17IN2S. The van der Waals surface area contributed by atoms with Crippen LogP contribution in [0.4, 0.5) is 10.8 Å². The third kappa shape index (κ3) is 3.19. The molecule has 17 heavy (non-hydrogen) atoms. The second kappa shape index (κ2) is 5.82. The lowest BCUT2D eigenvalue weighted by atomic mass is 10.1. The molecule has 4 heteroatoms. The van der Waals surface area contributed by atoms with Crippen molar-refractivity contribution in [2.24, 2.45) is 7.05 Å². The Morgan fingerprint density at radius 2 is 1.88 bits per heavy atom. The Kier molecular flexibility index (Phi) is 4.94. The van der Waals surface area contributed by atoms with Gasteiger partial charge in [-0.3, -0.25) is 0 Å². The molecule has 0 aliphatic rings. The second-order valence-corrected chi connectivity index (χ2v) is 5.04. The van der Waals surface area contributed by atoms with Crippen molar-refractivity contribution in [2.75, 3.05) is 5.32 Å². The van der Waals surface area contributed by atoms with Gasteiger partial charge >= 0.3 is 5.13 Å². The van der Waals surface area contributed by atoms with Gasteiger partial charge in [-0.2, -0.15) is 0 Å². The normalized spacial score (nSPS) is 9.88. The minimum absolute atomic E-state index is 0. The molecule has 0 aliphatic heterocycles. The Morgan fingerprint density at radius 3 is 2.41 bits per heavy atom. The van der Waals surface area contributed by atoms with Crippen molar-refractivity contribution in [1.82, 2.24) is 0 Å². The number of nitrogens with zero attached hydrogens (tertiary/aromatic N) is 1. The highest BCUT2D eigenvalue weighted by Crippen LogP contribution is 2.22. The predicted octanol–water partition coefficient (Wildman–Crippen LogP) is 0.245. The molecule has 0 aliphatic carbocycles. The molecule has 1 aromatic heterocycles.